The van der Waals surface area contributed by atoms with Crippen LogP contribution in [0.4, 0.5) is 0 Å². The molecule has 0 aliphatic heterocycles. The van der Waals surface area contributed by atoms with Gasteiger partial charge < -0.3 is 4.57 Å². The molecule has 3 nitrogen and oxygen atoms in total. The molecule has 32 heavy (non-hydrogen) atoms. The van der Waals surface area contributed by atoms with Gasteiger partial charge in [-0.05, 0) is 47.5 Å². The molecule has 0 radical (unpaired) electrons. The second-order valence-corrected chi connectivity index (χ2v) is 8.21. The minimum absolute atomic E-state index is 1.17. The van der Waals surface area contributed by atoms with Gasteiger partial charge in [-0.1, -0.05) is 36.4 Å². The van der Waals surface area contributed by atoms with Gasteiger partial charge in [0, 0.05) is 42.7 Å². The monoisotopic (exact) mass is 417 g/mol. The zero-order valence-corrected chi connectivity index (χ0v) is 18.7. The molecule has 0 atom stereocenters. The van der Waals surface area contributed by atoms with Crippen molar-refractivity contribution in [1.82, 2.24) is 4.57 Å². The van der Waals surface area contributed by atoms with Crippen LogP contribution in [0.25, 0.3) is 46.1 Å². The molecule has 0 unspecified atom stereocenters. The second-order valence-electron chi connectivity index (χ2n) is 8.21. The summed E-state index contributed by atoms with van der Waals surface area (Å²) in [5.41, 5.74) is 7.25. The number of pyridine rings is 2. The zero-order chi connectivity index (χ0) is 22.1. The highest BCUT2D eigenvalue weighted by atomic mass is 14.9. The number of para-hydroxylation sites is 2. The van der Waals surface area contributed by atoms with Gasteiger partial charge in [-0.3, -0.25) is 0 Å². The van der Waals surface area contributed by atoms with E-state index in [2.05, 4.69) is 144 Å². The average molecular weight is 418 g/mol. The minimum Gasteiger partial charge on any atom is -0.345 e. The van der Waals surface area contributed by atoms with Crippen LogP contribution in [0, 0.1) is 0 Å². The Morgan fingerprint density at radius 3 is 1.47 bits per heavy atom. The maximum atomic E-state index is 2.23. The predicted molar refractivity (Wildman–Crippen MR) is 134 cm³/mol. The van der Waals surface area contributed by atoms with Gasteiger partial charge in [-0.25, -0.2) is 9.13 Å². The Bertz CT molecular complexity index is 1390. The number of hydrogen-bond donors (Lipinski definition) is 0. The van der Waals surface area contributed by atoms with Gasteiger partial charge in [0.15, 0.2) is 12.4 Å². The Morgan fingerprint density at radius 2 is 1.00 bits per heavy atom. The number of aryl methyl sites for hydroxylation is 2. The molecule has 0 aliphatic rings. The normalized spacial score (nSPS) is 12.0. The fraction of sp³-hybridized carbons (Fsp3) is 0.103. The van der Waals surface area contributed by atoms with Crippen molar-refractivity contribution in [3.63, 3.8) is 0 Å². The van der Waals surface area contributed by atoms with E-state index in [9.17, 15) is 0 Å². The summed E-state index contributed by atoms with van der Waals surface area (Å²) in [6.07, 6.45) is 13.0. The standard InChI is InChI=1S/C29H27N3/c1-30-20-18-22(26-8-4-6-10-28(26)30)12-14-24-16-17-25(32(24)3)15-13-23-19-21-31(2)29-11-7-5-9-27(23)29/h4-21H,1-3H3/q+2. The van der Waals surface area contributed by atoms with Crippen molar-refractivity contribution in [3.8, 4) is 0 Å². The first-order valence-electron chi connectivity index (χ1n) is 10.9. The summed E-state index contributed by atoms with van der Waals surface area (Å²) in [6.45, 7) is 0. The summed E-state index contributed by atoms with van der Waals surface area (Å²) >= 11 is 0. The number of fused-ring (bicyclic) bond motifs is 2. The summed E-state index contributed by atoms with van der Waals surface area (Å²) in [7, 11) is 6.29. The maximum absolute atomic E-state index is 2.23. The highest BCUT2D eigenvalue weighted by molar-refractivity contribution is 5.90. The highest BCUT2D eigenvalue weighted by Gasteiger charge is 2.08. The maximum Gasteiger partial charge on any atom is 0.212 e. The van der Waals surface area contributed by atoms with Gasteiger partial charge in [0.1, 0.15) is 14.1 Å². The first-order chi connectivity index (χ1) is 15.6. The number of hydrogen-bond acceptors (Lipinski definition) is 0. The summed E-state index contributed by atoms with van der Waals surface area (Å²) in [5, 5.41) is 2.51. The quantitative estimate of drug-likeness (QED) is 0.351. The lowest BCUT2D eigenvalue weighted by Crippen LogP contribution is -2.28. The Kier molecular flexibility index (Phi) is 5.16. The van der Waals surface area contributed by atoms with Crippen LogP contribution in [-0.2, 0) is 21.1 Å². The van der Waals surface area contributed by atoms with Crippen molar-refractivity contribution in [2.45, 2.75) is 0 Å². The van der Waals surface area contributed by atoms with Crippen LogP contribution < -0.4 is 9.13 Å². The summed E-state index contributed by atoms with van der Waals surface area (Å²) in [4.78, 5) is 0. The number of benzene rings is 2. The molecule has 3 aromatic heterocycles. The molecule has 0 N–H and O–H groups in total. The van der Waals surface area contributed by atoms with E-state index in [0.29, 0.717) is 0 Å². The van der Waals surface area contributed by atoms with E-state index >= 15 is 0 Å². The van der Waals surface area contributed by atoms with Crippen LogP contribution in [0.15, 0.2) is 85.2 Å². The molecule has 5 aromatic rings. The molecule has 0 spiro atoms. The minimum atomic E-state index is 1.17. The van der Waals surface area contributed by atoms with Crippen molar-refractivity contribution in [1.29, 1.82) is 0 Å². The van der Waals surface area contributed by atoms with E-state index in [4.69, 9.17) is 0 Å². The molecule has 0 aliphatic carbocycles. The van der Waals surface area contributed by atoms with Gasteiger partial charge in [0.05, 0.1) is 10.8 Å². The molecule has 0 bridgehead atoms. The molecular formula is C29H27N3+2. The molecular weight excluding hydrogens is 390 g/mol. The Hall–Kier alpha value is -3.98. The highest BCUT2D eigenvalue weighted by Crippen LogP contribution is 2.21. The van der Waals surface area contributed by atoms with E-state index < -0.39 is 0 Å². The second kappa shape index (κ2) is 8.27. The molecule has 0 amide bonds. The third-order valence-corrected chi connectivity index (χ3v) is 6.21. The van der Waals surface area contributed by atoms with E-state index in [1.165, 1.54) is 44.3 Å². The largest absolute Gasteiger partial charge is 0.345 e. The van der Waals surface area contributed by atoms with Gasteiger partial charge in [-0.15, -0.1) is 0 Å². The molecule has 156 valence electrons. The molecule has 3 heterocycles. The van der Waals surface area contributed by atoms with Gasteiger partial charge in [-0.2, -0.15) is 0 Å². The number of aromatic nitrogens is 3. The summed E-state index contributed by atoms with van der Waals surface area (Å²) in [6, 6.07) is 25.7. The fourth-order valence-corrected chi connectivity index (χ4v) is 4.29. The topological polar surface area (TPSA) is 12.7 Å². The lowest BCUT2D eigenvalue weighted by Gasteiger charge is -2.03. The number of nitrogens with zero attached hydrogens (tertiary/aromatic N) is 3. The Morgan fingerprint density at radius 1 is 0.562 bits per heavy atom. The smallest absolute Gasteiger partial charge is 0.212 e. The van der Waals surface area contributed by atoms with Crippen LogP contribution in [0.1, 0.15) is 22.5 Å². The van der Waals surface area contributed by atoms with Crippen molar-refractivity contribution >= 4 is 46.1 Å². The summed E-state index contributed by atoms with van der Waals surface area (Å²) in [5.74, 6) is 0. The molecule has 2 aromatic carbocycles. The van der Waals surface area contributed by atoms with Crippen molar-refractivity contribution < 1.29 is 9.13 Å². The Labute approximate surface area is 188 Å². The van der Waals surface area contributed by atoms with Crippen LogP contribution in [0.3, 0.4) is 0 Å². The molecule has 0 fully saturated rings. The third-order valence-electron chi connectivity index (χ3n) is 6.21. The molecule has 3 heteroatoms. The molecule has 0 saturated carbocycles. The van der Waals surface area contributed by atoms with Gasteiger partial charge >= 0.3 is 0 Å². The molecule has 0 saturated heterocycles. The first kappa shape index (κ1) is 20.0. The van der Waals surface area contributed by atoms with E-state index in [-0.39, 0.29) is 0 Å². The van der Waals surface area contributed by atoms with Crippen LogP contribution in [0.2, 0.25) is 0 Å². The van der Waals surface area contributed by atoms with Gasteiger partial charge in [0.25, 0.3) is 0 Å². The molecule has 5 rings (SSSR count). The van der Waals surface area contributed by atoms with Crippen molar-refractivity contribution in [2.24, 2.45) is 21.1 Å². The van der Waals surface area contributed by atoms with Crippen LogP contribution >= 0.6 is 0 Å². The first-order valence-corrected chi connectivity index (χ1v) is 10.9. The lowest BCUT2D eigenvalue weighted by atomic mass is 10.1. The van der Waals surface area contributed by atoms with Crippen LogP contribution in [0.5, 0.6) is 0 Å². The van der Waals surface area contributed by atoms with E-state index in [1.807, 2.05) is 0 Å². The average Bonchev–Trinajstić information content (AvgIpc) is 3.18. The zero-order valence-electron chi connectivity index (χ0n) is 18.7. The lowest BCUT2D eigenvalue weighted by molar-refractivity contribution is -0.645. The van der Waals surface area contributed by atoms with E-state index in [1.54, 1.807) is 0 Å². The number of rotatable bonds is 4. The SMILES string of the molecule is Cn1c(/C=C/c2cc[n+](C)c3ccccc23)ccc1/C=C/c1cc[n+](C)c2ccccc12. The summed E-state index contributed by atoms with van der Waals surface area (Å²) < 4.78 is 6.54. The van der Waals surface area contributed by atoms with Gasteiger partial charge in [0.2, 0.25) is 11.0 Å². The predicted octanol–water partition coefficient (Wildman–Crippen LogP) is 5.32. The van der Waals surface area contributed by atoms with E-state index in [0.717, 1.165) is 0 Å². The Balaban J connectivity index is 1.45. The van der Waals surface area contributed by atoms with Crippen LogP contribution in [-0.4, -0.2) is 4.57 Å². The van der Waals surface area contributed by atoms with Crippen molar-refractivity contribution in [3.05, 3.63) is 108 Å². The fourth-order valence-electron chi connectivity index (χ4n) is 4.29. The third kappa shape index (κ3) is 3.63. The van der Waals surface area contributed by atoms with Crippen molar-refractivity contribution in [2.75, 3.05) is 0 Å².